The van der Waals surface area contributed by atoms with Crippen molar-refractivity contribution in [2.75, 3.05) is 7.11 Å². The Morgan fingerprint density at radius 1 is 1.47 bits per heavy atom. The van der Waals surface area contributed by atoms with E-state index in [4.69, 9.17) is 4.42 Å². The summed E-state index contributed by atoms with van der Waals surface area (Å²) in [5.41, 5.74) is 1.78. The van der Waals surface area contributed by atoms with Gasteiger partial charge in [0.15, 0.2) is 5.69 Å². The van der Waals surface area contributed by atoms with Crippen LogP contribution < -0.4 is 0 Å². The second-order valence-electron chi connectivity index (χ2n) is 3.71. The van der Waals surface area contributed by atoms with Crippen LogP contribution in [-0.4, -0.2) is 27.8 Å². The molecule has 0 fully saturated rings. The average Bonchev–Trinajstić information content (AvgIpc) is 2.80. The normalized spacial score (nSPS) is 10.6. The van der Waals surface area contributed by atoms with Crippen molar-refractivity contribution in [2.24, 2.45) is 7.05 Å². The Morgan fingerprint density at radius 2 is 2.18 bits per heavy atom. The highest BCUT2D eigenvalue weighted by Crippen LogP contribution is 2.22. The highest BCUT2D eigenvalue weighted by atomic mass is 16.5. The van der Waals surface area contributed by atoms with Crippen LogP contribution in [0.15, 0.2) is 10.5 Å². The van der Waals surface area contributed by atoms with Crippen molar-refractivity contribution in [3.8, 4) is 11.6 Å². The number of aromatic nitrogens is 3. The standard InChI is InChI=1S/C11H13N3O3/c1-6-5-8(14(3)13-6)10-12-9(7(2)17-10)11(15)16-4/h5H,1-4H3. The van der Waals surface area contributed by atoms with Gasteiger partial charge in [-0.1, -0.05) is 0 Å². The van der Waals surface area contributed by atoms with E-state index in [9.17, 15) is 4.79 Å². The first-order chi connectivity index (χ1) is 8.02. The Kier molecular flexibility index (Phi) is 2.71. The highest BCUT2D eigenvalue weighted by Gasteiger charge is 2.20. The first kappa shape index (κ1) is 11.4. The number of hydrogen-bond acceptors (Lipinski definition) is 5. The van der Waals surface area contributed by atoms with Gasteiger partial charge < -0.3 is 9.15 Å². The van der Waals surface area contributed by atoms with E-state index < -0.39 is 5.97 Å². The first-order valence-electron chi connectivity index (χ1n) is 5.09. The number of nitrogens with zero attached hydrogens (tertiary/aromatic N) is 3. The van der Waals surface area contributed by atoms with Crippen molar-refractivity contribution in [3.05, 3.63) is 23.2 Å². The Morgan fingerprint density at radius 3 is 2.71 bits per heavy atom. The first-order valence-corrected chi connectivity index (χ1v) is 5.09. The molecule has 90 valence electrons. The fourth-order valence-electron chi connectivity index (χ4n) is 1.60. The van der Waals surface area contributed by atoms with Crippen molar-refractivity contribution in [3.63, 3.8) is 0 Å². The minimum absolute atomic E-state index is 0.196. The lowest BCUT2D eigenvalue weighted by Gasteiger charge is -1.94. The summed E-state index contributed by atoms with van der Waals surface area (Å²) in [7, 11) is 3.10. The molecule has 0 spiro atoms. The zero-order valence-electron chi connectivity index (χ0n) is 10.1. The lowest BCUT2D eigenvalue weighted by molar-refractivity contribution is 0.0593. The molecule has 2 heterocycles. The largest absolute Gasteiger partial charge is 0.464 e. The fraction of sp³-hybridized carbons (Fsp3) is 0.364. The third-order valence-electron chi connectivity index (χ3n) is 2.40. The lowest BCUT2D eigenvalue weighted by Crippen LogP contribution is -2.03. The second-order valence-corrected chi connectivity index (χ2v) is 3.71. The van der Waals surface area contributed by atoms with Crippen LogP contribution in [0.25, 0.3) is 11.6 Å². The molecule has 0 saturated heterocycles. The van der Waals surface area contributed by atoms with Crippen LogP contribution in [0.2, 0.25) is 0 Å². The lowest BCUT2D eigenvalue weighted by atomic mass is 10.3. The molecule has 6 nitrogen and oxygen atoms in total. The Balaban J connectivity index is 2.48. The van der Waals surface area contributed by atoms with Crippen LogP contribution >= 0.6 is 0 Å². The summed E-state index contributed by atoms with van der Waals surface area (Å²) in [5.74, 6) is 0.299. The van der Waals surface area contributed by atoms with E-state index >= 15 is 0 Å². The van der Waals surface area contributed by atoms with Crippen LogP contribution in [-0.2, 0) is 11.8 Å². The van der Waals surface area contributed by atoms with Crippen LogP contribution in [0.4, 0.5) is 0 Å². The van der Waals surface area contributed by atoms with Crippen molar-refractivity contribution in [2.45, 2.75) is 13.8 Å². The van der Waals surface area contributed by atoms with Crippen LogP contribution in [0, 0.1) is 13.8 Å². The zero-order chi connectivity index (χ0) is 12.6. The van der Waals surface area contributed by atoms with Gasteiger partial charge >= 0.3 is 5.97 Å². The van der Waals surface area contributed by atoms with Gasteiger partial charge in [0.1, 0.15) is 11.5 Å². The molecule has 0 aromatic carbocycles. The molecule has 0 atom stereocenters. The minimum atomic E-state index is -0.503. The van der Waals surface area contributed by atoms with Gasteiger partial charge in [0.05, 0.1) is 12.8 Å². The summed E-state index contributed by atoms with van der Waals surface area (Å²) >= 11 is 0. The SMILES string of the molecule is COC(=O)c1nc(-c2cc(C)nn2C)oc1C. The molecular formula is C11H13N3O3. The molecular weight excluding hydrogens is 222 g/mol. The van der Waals surface area contributed by atoms with Crippen molar-refractivity contribution in [1.82, 2.24) is 14.8 Å². The van der Waals surface area contributed by atoms with Crippen molar-refractivity contribution < 1.29 is 13.9 Å². The number of rotatable bonds is 2. The van der Waals surface area contributed by atoms with Gasteiger partial charge in [0.2, 0.25) is 5.89 Å². The number of esters is 1. The summed E-state index contributed by atoms with van der Waals surface area (Å²) in [6.45, 7) is 3.55. The fourth-order valence-corrected chi connectivity index (χ4v) is 1.60. The van der Waals surface area contributed by atoms with E-state index in [1.165, 1.54) is 7.11 Å². The van der Waals surface area contributed by atoms with Gasteiger partial charge in [0, 0.05) is 7.05 Å². The molecule has 0 aliphatic rings. The van der Waals surface area contributed by atoms with E-state index in [2.05, 4.69) is 14.8 Å². The predicted octanol–water partition coefficient (Wildman–Crippen LogP) is 1.48. The molecule has 2 rings (SSSR count). The second kappa shape index (κ2) is 4.04. The molecule has 0 amide bonds. The van der Waals surface area contributed by atoms with Gasteiger partial charge in [-0.05, 0) is 19.9 Å². The molecule has 0 radical (unpaired) electrons. The van der Waals surface area contributed by atoms with Crippen LogP contribution in [0.1, 0.15) is 21.9 Å². The van der Waals surface area contributed by atoms with Crippen molar-refractivity contribution >= 4 is 5.97 Å². The summed E-state index contributed by atoms with van der Waals surface area (Å²) in [4.78, 5) is 15.5. The monoisotopic (exact) mass is 235 g/mol. The number of oxazole rings is 1. The minimum Gasteiger partial charge on any atom is -0.464 e. The average molecular weight is 235 g/mol. The maximum Gasteiger partial charge on any atom is 0.360 e. The van der Waals surface area contributed by atoms with Crippen LogP contribution in [0.5, 0.6) is 0 Å². The third-order valence-corrected chi connectivity index (χ3v) is 2.40. The van der Waals surface area contributed by atoms with E-state index in [1.807, 2.05) is 13.0 Å². The van der Waals surface area contributed by atoms with Gasteiger partial charge in [-0.15, -0.1) is 0 Å². The Labute approximate surface area is 98.2 Å². The smallest absolute Gasteiger partial charge is 0.360 e. The highest BCUT2D eigenvalue weighted by molar-refractivity contribution is 5.88. The van der Waals surface area contributed by atoms with E-state index in [0.717, 1.165) is 11.4 Å². The van der Waals surface area contributed by atoms with Gasteiger partial charge in [-0.25, -0.2) is 9.78 Å². The predicted molar refractivity (Wildman–Crippen MR) is 59.5 cm³/mol. The molecule has 6 heteroatoms. The number of hydrogen-bond donors (Lipinski definition) is 0. The molecule has 2 aromatic heterocycles. The van der Waals surface area contributed by atoms with Gasteiger partial charge in [0.25, 0.3) is 0 Å². The third kappa shape index (κ3) is 1.93. The van der Waals surface area contributed by atoms with E-state index in [1.54, 1.807) is 18.7 Å². The molecule has 0 aliphatic carbocycles. The molecule has 17 heavy (non-hydrogen) atoms. The Bertz CT molecular complexity index is 569. The molecule has 0 aliphatic heterocycles. The molecule has 0 N–H and O–H groups in total. The maximum absolute atomic E-state index is 11.4. The number of methoxy groups -OCH3 is 1. The Hall–Kier alpha value is -2.11. The van der Waals surface area contributed by atoms with E-state index in [-0.39, 0.29) is 5.69 Å². The quantitative estimate of drug-likeness (QED) is 0.737. The molecule has 0 saturated carbocycles. The summed E-state index contributed by atoms with van der Waals surface area (Å²) in [6, 6.07) is 1.84. The maximum atomic E-state index is 11.4. The van der Waals surface area contributed by atoms with Crippen molar-refractivity contribution in [1.29, 1.82) is 0 Å². The molecule has 0 unspecified atom stereocenters. The molecule has 2 aromatic rings. The summed E-state index contributed by atoms with van der Waals surface area (Å²) < 4.78 is 11.7. The summed E-state index contributed by atoms with van der Waals surface area (Å²) in [5, 5.41) is 4.19. The topological polar surface area (TPSA) is 70.2 Å². The molecule has 0 bridgehead atoms. The number of carbonyl (C=O) groups is 1. The summed E-state index contributed by atoms with van der Waals surface area (Å²) in [6.07, 6.45) is 0. The van der Waals surface area contributed by atoms with E-state index in [0.29, 0.717) is 11.7 Å². The number of carbonyl (C=O) groups excluding carboxylic acids is 1. The number of aryl methyl sites for hydroxylation is 3. The van der Waals surface area contributed by atoms with Crippen LogP contribution in [0.3, 0.4) is 0 Å². The zero-order valence-corrected chi connectivity index (χ0v) is 10.1. The van der Waals surface area contributed by atoms with Gasteiger partial charge in [-0.3, -0.25) is 4.68 Å². The number of ether oxygens (including phenoxy) is 1. The van der Waals surface area contributed by atoms with Gasteiger partial charge in [-0.2, -0.15) is 5.10 Å².